The SMILES string of the molecule is CC(C)(C)c1ccccc1NC(=O)COc1cc(F)ccc1[N+](=O)[O-]. The largest absolute Gasteiger partial charge is 0.477 e. The highest BCUT2D eigenvalue weighted by molar-refractivity contribution is 5.92. The number of benzene rings is 2. The van der Waals surface area contributed by atoms with Crippen LogP contribution in [0.3, 0.4) is 0 Å². The van der Waals surface area contributed by atoms with Gasteiger partial charge in [0.2, 0.25) is 5.75 Å². The fraction of sp³-hybridized carbons (Fsp3) is 0.278. The monoisotopic (exact) mass is 346 g/mol. The summed E-state index contributed by atoms with van der Waals surface area (Å²) >= 11 is 0. The van der Waals surface area contributed by atoms with Crippen LogP contribution in [0.4, 0.5) is 15.8 Å². The second kappa shape index (κ2) is 7.29. The van der Waals surface area contributed by atoms with E-state index in [-0.39, 0.29) is 11.2 Å². The van der Waals surface area contributed by atoms with Crippen LogP contribution in [0.15, 0.2) is 42.5 Å². The maximum absolute atomic E-state index is 13.3. The van der Waals surface area contributed by atoms with Gasteiger partial charge in [-0.15, -0.1) is 0 Å². The van der Waals surface area contributed by atoms with E-state index in [1.54, 1.807) is 12.1 Å². The lowest BCUT2D eigenvalue weighted by atomic mass is 9.86. The molecule has 0 unspecified atom stereocenters. The van der Waals surface area contributed by atoms with E-state index in [1.807, 2.05) is 32.9 Å². The Balaban J connectivity index is 2.11. The van der Waals surface area contributed by atoms with Crippen LogP contribution in [0.2, 0.25) is 0 Å². The van der Waals surface area contributed by atoms with Gasteiger partial charge in [-0.1, -0.05) is 39.0 Å². The van der Waals surface area contributed by atoms with Crippen molar-refractivity contribution in [2.45, 2.75) is 26.2 Å². The topological polar surface area (TPSA) is 81.5 Å². The van der Waals surface area contributed by atoms with E-state index in [0.29, 0.717) is 5.69 Å². The summed E-state index contributed by atoms with van der Waals surface area (Å²) in [5.74, 6) is -1.46. The quantitative estimate of drug-likeness (QED) is 0.654. The Kier molecular flexibility index (Phi) is 5.36. The Bertz CT molecular complexity index is 800. The maximum Gasteiger partial charge on any atom is 0.311 e. The lowest BCUT2D eigenvalue weighted by molar-refractivity contribution is -0.385. The smallest absolute Gasteiger partial charge is 0.311 e. The van der Waals surface area contributed by atoms with Crippen molar-refractivity contribution >= 4 is 17.3 Å². The third kappa shape index (κ3) is 4.76. The summed E-state index contributed by atoms with van der Waals surface area (Å²) in [4.78, 5) is 22.4. The van der Waals surface area contributed by atoms with Crippen molar-refractivity contribution < 1.29 is 18.8 Å². The van der Waals surface area contributed by atoms with Gasteiger partial charge >= 0.3 is 5.69 Å². The lowest BCUT2D eigenvalue weighted by Crippen LogP contribution is -2.23. The summed E-state index contributed by atoms with van der Waals surface area (Å²) in [5, 5.41) is 13.6. The van der Waals surface area contributed by atoms with Crippen molar-refractivity contribution in [2.24, 2.45) is 0 Å². The number of hydrogen-bond donors (Lipinski definition) is 1. The molecule has 2 aromatic carbocycles. The molecule has 0 aliphatic carbocycles. The fourth-order valence-corrected chi connectivity index (χ4v) is 2.33. The van der Waals surface area contributed by atoms with Crippen molar-refractivity contribution in [3.05, 3.63) is 64.0 Å². The molecule has 0 saturated heterocycles. The zero-order valence-corrected chi connectivity index (χ0v) is 14.2. The summed E-state index contributed by atoms with van der Waals surface area (Å²) < 4.78 is 18.4. The molecular formula is C18H19FN2O4. The van der Waals surface area contributed by atoms with Crippen LogP contribution < -0.4 is 10.1 Å². The molecule has 0 heterocycles. The molecule has 0 saturated carbocycles. The summed E-state index contributed by atoms with van der Waals surface area (Å²) in [5.41, 5.74) is 1.01. The minimum atomic E-state index is -0.693. The molecule has 132 valence electrons. The first kappa shape index (κ1) is 18.4. The van der Waals surface area contributed by atoms with Gasteiger partial charge in [0, 0.05) is 17.8 Å². The van der Waals surface area contributed by atoms with Gasteiger partial charge in [0.1, 0.15) is 5.82 Å². The highest BCUT2D eigenvalue weighted by Gasteiger charge is 2.20. The van der Waals surface area contributed by atoms with E-state index < -0.39 is 28.9 Å². The number of carbonyl (C=O) groups excluding carboxylic acids is 1. The van der Waals surface area contributed by atoms with Gasteiger partial charge in [0.25, 0.3) is 5.91 Å². The second-order valence-corrected chi connectivity index (χ2v) is 6.50. The van der Waals surface area contributed by atoms with E-state index in [4.69, 9.17) is 4.74 Å². The van der Waals surface area contributed by atoms with Crippen LogP contribution in [0.1, 0.15) is 26.3 Å². The summed E-state index contributed by atoms with van der Waals surface area (Å²) in [6, 6.07) is 10.2. The second-order valence-electron chi connectivity index (χ2n) is 6.50. The van der Waals surface area contributed by atoms with Crippen LogP contribution in [-0.2, 0) is 10.2 Å². The minimum absolute atomic E-state index is 0.175. The molecule has 0 aliphatic heterocycles. The predicted octanol–water partition coefficient (Wildman–Crippen LogP) is 4.05. The van der Waals surface area contributed by atoms with Crippen molar-refractivity contribution in [3.8, 4) is 5.75 Å². The molecule has 0 atom stereocenters. The highest BCUT2D eigenvalue weighted by atomic mass is 19.1. The third-order valence-corrected chi connectivity index (χ3v) is 3.49. The standard InChI is InChI=1S/C18H19FN2O4/c1-18(2,3)13-6-4-5-7-14(13)20-17(22)11-25-16-10-12(19)8-9-15(16)21(23)24/h4-10H,11H2,1-3H3,(H,20,22). The molecular weight excluding hydrogens is 327 g/mol. The number of ether oxygens (including phenoxy) is 1. The number of nitro benzene ring substituents is 1. The lowest BCUT2D eigenvalue weighted by Gasteiger charge is -2.23. The number of para-hydroxylation sites is 1. The molecule has 1 N–H and O–H groups in total. The fourth-order valence-electron chi connectivity index (χ4n) is 2.33. The van der Waals surface area contributed by atoms with Crippen LogP contribution in [0.5, 0.6) is 5.75 Å². The van der Waals surface area contributed by atoms with E-state index in [9.17, 15) is 19.3 Å². The highest BCUT2D eigenvalue weighted by Crippen LogP contribution is 2.30. The number of nitrogens with zero attached hydrogens (tertiary/aromatic N) is 1. The molecule has 7 heteroatoms. The van der Waals surface area contributed by atoms with Gasteiger partial charge in [-0.3, -0.25) is 14.9 Å². The normalized spacial score (nSPS) is 11.0. The summed E-state index contributed by atoms with van der Waals surface area (Å²) in [7, 11) is 0. The number of amides is 1. The molecule has 0 aliphatic rings. The first-order chi connectivity index (χ1) is 11.7. The molecule has 2 aromatic rings. The molecule has 1 amide bonds. The molecule has 25 heavy (non-hydrogen) atoms. The van der Waals surface area contributed by atoms with Crippen LogP contribution in [0, 0.1) is 15.9 Å². The summed E-state index contributed by atoms with van der Waals surface area (Å²) in [6.07, 6.45) is 0. The van der Waals surface area contributed by atoms with Gasteiger partial charge in [0.15, 0.2) is 6.61 Å². The molecule has 6 nitrogen and oxygen atoms in total. The number of nitro groups is 1. The average Bonchev–Trinajstić information content (AvgIpc) is 2.52. The third-order valence-electron chi connectivity index (χ3n) is 3.49. The van der Waals surface area contributed by atoms with Gasteiger partial charge in [0.05, 0.1) is 4.92 Å². The molecule has 0 fully saturated rings. The number of carbonyl (C=O) groups is 1. The number of halogens is 1. The molecule has 2 rings (SSSR count). The zero-order valence-electron chi connectivity index (χ0n) is 14.2. The minimum Gasteiger partial charge on any atom is -0.477 e. The average molecular weight is 346 g/mol. The van der Waals surface area contributed by atoms with Crippen LogP contribution in [-0.4, -0.2) is 17.4 Å². The Morgan fingerprint density at radius 1 is 1.24 bits per heavy atom. The predicted molar refractivity (Wildman–Crippen MR) is 92.3 cm³/mol. The Morgan fingerprint density at radius 3 is 2.56 bits per heavy atom. The van der Waals surface area contributed by atoms with Gasteiger partial charge < -0.3 is 10.1 Å². The van der Waals surface area contributed by atoms with E-state index >= 15 is 0 Å². The van der Waals surface area contributed by atoms with Crippen molar-refractivity contribution in [1.82, 2.24) is 0 Å². The molecule has 0 bridgehead atoms. The van der Waals surface area contributed by atoms with Crippen LogP contribution in [0.25, 0.3) is 0 Å². The Hall–Kier alpha value is -2.96. The first-order valence-corrected chi connectivity index (χ1v) is 7.64. The number of hydrogen-bond acceptors (Lipinski definition) is 4. The molecule has 0 aromatic heterocycles. The number of nitrogens with one attached hydrogen (secondary N) is 1. The van der Waals surface area contributed by atoms with Crippen LogP contribution >= 0.6 is 0 Å². The first-order valence-electron chi connectivity index (χ1n) is 7.64. The van der Waals surface area contributed by atoms with Gasteiger partial charge in [-0.25, -0.2) is 4.39 Å². The van der Waals surface area contributed by atoms with Crippen molar-refractivity contribution in [2.75, 3.05) is 11.9 Å². The van der Waals surface area contributed by atoms with Gasteiger partial charge in [-0.05, 0) is 23.1 Å². The maximum atomic E-state index is 13.3. The van der Waals surface area contributed by atoms with E-state index in [2.05, 4.69) is 5.32 Å². The van der Waals surface area contributed by atoms with Crippen molar-refractivity contribution in [1.29, 1.82) is 0 Å². The summed E-state index contributed by atoms with van der Waals surface area (Å²) in [6.45, 7) is 5.59. The van der Waals surface area contributed by atoms with Gasteiger partial charge in [-0.2, -0.15) is 0 Å². The van der Waals surface area contributed by atoms with E-state index in [0.717, 1.165) is 23.8 Å². The Labute approximate surface area is 144 Å². The Morgan fingerprint density at radius 2 is 1.92 bits per heavy atom. The van der Waals surface area contributed by atoms with E-state index in [1.165, 1.54) is 0 Å². The molecule has 0 radical (unpaired) electrons. The van der Waals surface area contributed by atoms with Crippen molar-refractivity contribution in [3.63, 3.8) is 0 Å². The molecule has 0 spiro atoms. The number of anilines is 1. The zero-order chi connectivity index (χ0) is 18.6. The number of rotatable bonds is 5.